The fourth-order valence-electron chi connectivity index (χ4n) is 10.6. The van der Waals surface area contributed by atoms with Crippen LogP contribution in [0.3, 0.4) is 0 Å². The number of hydrogen-bond donors (Lipinski definition) is 0. The van der Waals surface area contributed by atoms with Crippen LogP contribution in [0.2, 0.25) is 0 Å². The molecule has 11 rings (SSSR count). The minimum atomic E-state index is 0. The first-order valence-electron chi connectivity index (χ1n) is 23.4. The van der Waals surface area contributed by atoms with E-state index < -0.39 is 0 Å². The van der Waals surface area contributed by atoms with Crippen LogP contribution >= 0.6 is 0 Å². The largest absolute Gasteiger partial charge is 2.00 e. The van der Waals surface area contributed by atoms with Gasteiger partial charge in [-0.3, -0.25) is 9.55 Å². The summed E-state index contributed by atoms with van der Waals surface area (Å²) < 4.78 is 4.75. The van der Waals surface area contributed by atoms with Crippen LogP contribution in [-0.2, 0) is 21.1 Å². The maximum atomic E-state index is 5.83. The average molecular weight is 1040 g/mol. The molecule has 3 aromatic heterocycles. The van der Waals surface area contributed by atoms with E-state index in [0.29, 0.717) is 11.3 Å². The summed E-state index contributed by atoms with van der Waals surface area (Å²) in [5.74, 6) is 1.71. The Morgan fingerprint density at radius 1 is 0.636 bits per heavy atom. The third-order valence-corrected chi connectivity index (χ3v) is 14.2. The number of nitrogens with zero attached hydrogens (tertiary/aromatic N) is 4. The van der Waals surface area contributed by atoms with Gasteiger partial charge in [0.2, 0.25) is 5.95 Å². The van der Waals surface area contributed by atoms with Gasteiger partial charge in [0.25, 0.3) is 0 Å². The third kappa shape index (κ3) is 7.54. The van der Waals surface area contributed by atoms with Crippen molar-refractivity contribution in [3.05, 3.63) is 192 Å². The van der Waals surface area contributed by atoms with E-state index in [1.807, 2.05) is 12.1 Å². The number of fused-ring (bicyclic) bond motifs is 4. The second-order valence-electron chi connectivity index (χ2n) is 19.3. The molecule has 0 unspecified atom stereocenters. The molecule has 0 N–H and O–H groups in total. The van der Waals surface area contributed by atoms with Gasteiger partial charge in [0.05, 0.1) is 16.9 Å². The second-order valence-corrected chi connectivity index (χ2v) is 19.3. The van der Waals surface area contributed by atoms with Gasteiger partial charge in [-0.25, -0.2) is 4.98 Å². The van der Waals surface area contributed by atoms with Gasteiger partial charge in [0.1, 0.15) is 5.52 Å². The van der Waals surface area contributed by atoms with Gasteiger partial charge < -0.3 is 4.57 Å². The molecule has 1 fully saturated rings. The van der Waals surface area contributed by atoms with Crippen molar-refractivity contribution >= 4 is 32.8 Å². The van der Waals surface area contributed by atoms with Crippen molar-refractivity contribution in [1.29, 1.82) is 0 Å². The summed E-state index contributed by atoms with van der Waals surface area (Å²) in [6.45, 7) is 13.9. The molecule has 1 saturated carbocycles. The summed E-state index contributed by atoms with van der Waals surface area (Å²) in [4.78, 5) is 11.4. The molecule has 3 heterocycles. The van der Waals surface area contributed by atoms with Gasteiger partial charge in [0, 0.05) is 11.1 Å². The van der Waals surface area contributed by atoms with Crippen molar-refractivity contribution in [3.8, 4) is 56.4 Å². The van der Waals surface area contributed by atoms with Crippen LogP contribution in [-0.4, -0.2) is 19.1 Å². The molecule has 0 spiro atoms. The predicted octanol–water partition coefficient (Wildman–Crippen LogP) is 16.2. The van der Waals surface area contributed by atoms with E-state index in [9.17, 15) is 0 Å². The SMILES string of the molecule is Cc1cccc(C(C)C)c1-n1c(-n2c3[c-]ccc(-c4ccccc4)c3c3ccccc32)nc2c(-c3nc(-c4[c-]cccc4)cc(-c4ccc(C5CCC(C)(C)CC5)cc4)c3C)cccc21.[Pt+2]. The number of hydrogen-bond acceptors (Lipinski definition) is 2. The molecule has 0 amide bonds. The molecular formula is C61H54N4Pt. The quantitative estimate of drug-likeness (QED) is 0.142. The Hall–Kier alpha value is -6.35. The van der Waals surface area contributed by atoms with Crippen LogP contribution < -0.4 is 0 Å². The van der Waals surface area contributed by atoms with Crippen molar-refractivity contribution in [2.24, 2.45) is 5.41 Å². The maximum absolute atomic E-state index is 5.83. The van der Waals surface area contributed by atoms with Crippen molar-refractivity contribution in [1.82, 2.24) is 19.1 Å². The molecular weight excluding hydrogens is 984 g/mol. The number of imidazole rings is 1. The number of rotatable bonds is 8. The fraction of sp³-hybridized carbons (Fsp3) is 0.213. The van der Waals surface area contributed by atoms with Crippen LogP contribution in [0.4, 0.5) is 0 Å². The summed E-state index contributed by atoms with van der Waals surface area (Å²) >= 11 is 0. The Balaban J connectivity index is 0.00000511. The van der Waals surface area contributed by atoms with E-state index in [0.717, 1.165) is 67.2 Å². The first kappa shape index (κ1) is 43.5. The Morgan fingerprint density at radius 2 is 1.35 bits per heavy atom. The van der Waals surface area contributed by atoms with Crippen LogP contribution in [0.5, 0.6) is 0 Å². The van der Waals surface area contributed by atoms with Gasteiger partial charge in [-0.05, 0) is 119 Å². The molecule has 7 aromatic carbocycles. The van der Waals surface area contributed by atoms with Crippen molar-refractivity contribution in [2.75, 3.05) is 0 Å². The van der Waals surface area contributed by atoms with Gasteiger partial charge in [0.15, 0.2) is 0 Å². The van der Waals surface area contributed by atoms with Crippen molar-refractivity contribution in [2.45, 2.75) is 79.1 Å². The summed E-state index contributed by atoms with van der Waals surface area (Å²) in [5.41, 5.74) is 19.1. The molecule has 66 heavy (non-hydrogen) atoms. The number of benzene rings is 7. The number of pyridine rings is 1. The standard InChI is InChI=1S/C61H54N4.Pt/c1-39(2)47-24-15-18-40(3)59(47)65-55-29-17-26-50(58(55)63-60(65)64-53-27-14-13-23-49(53)56-48(25-16-28-54(56)64)44-19-9-7-10-20-44)57-41(4)51(38-52(62-57)46-21-11-8-12-22-46)45-32-30-42(31-33-45)43-34-36-61(5,6)37-35-43;/h7-21,23-27,29-33,38-39,43H,34-37H2,1-6H3;/q-2;+2. The van der Waals surface area contributed by atoms with Crippen LogP contribution in [0.1, 0.15) is 87.5 Å². The Bertz CT molecular complexity index is 3380. The monoisotopic (exact) mass is 1040 g/mol. The zero-order chi connectivity index (χ0) is 44.4. The molecule has 4 nitrogen and oxygen atoms in total. The molecule has 1 aliphatic rings. The molecule has 5 heteroatoms. The van der Waals surface area contributed by atoms with Crippen molar-refractivity contribution in [3.63, 3.8) is 0 Å². The smallest absolute Gasteiger partial charge is 0.304 e. The van der Waals surface area contributed by atoms with Crippen LogP contribution in [0.25, 0.3) is 89.2 Å². The number of para-hydroxylation sites is 3. The zero-order valence-corrected chi connectivity index (χ0v) is 40.9. The minimum Gasteiger partial charge on any atom is -0.304 e. The number of aryl methyl sites for hydroxylation is 1. The van der Waals surface area contributed by atoms with Crippen molar-refractivity contribution < 1.29 is 21.1 Å². The maximum Gasteiger partial charge on any atom is 2.00 e. The van der Waals surface area contributed by atoms with E-state index in [2.05, 4.69) is 208 Å². The second kappa shape index (κ2) is 17.5. The molecule has 0 atom stereocenters. The predicted molar refractivity (Wildman–Crippen MR) is 271 cm³/mol. The molecule has 10 aromatic rings. The third-order valence-electron chi connectivity index (χ3n) is 14.2. The average Bonchev–Trinajstić information content (AvgIpc) is 3.88. The zero-order valence-electron chi connectivity index (χ0n) is 38.6. The summed E-state index contributed by atoms with van der Waals surface area (Å²) in [6, 6.07) is 64.1. The van der Waals surface area contributed by atoms with Gasteiger partial charge >= 0.3 is 21.1 Å². The van der Waals surface area contributed by atoms with E-state index in [-0.39, 0.29) is 27.0 Å². The van der Waals surface area contributed by atoms with E-state index in [1.54, 1.807) is 0 Å². The minimum absolute atomic E-state index is 0. The fourth-order valence-corrected chi connectivity index (χ4v) is 10.6. The molecule has 0 saturated heterocycles. The number of aromatic nitrogens is 4. The summed E-state index contributed by atoms with van der Waals surface area (Å²) in [5, 5.41) is 2.33. The van der Waals surface area contributed by atoms with Crippen LogP contribution in [0.15, 0.2) is 158 Å². The summed E-state index contributed by atoms with van der Waals surface area (Å²) in [6.07, 6.45) is 5.05. The topological polar surface area (TPSA) is 35.6 Å². The molecule has 328 valence electrons. The normalized spacial score (nSPS) is 14.0. The Kier molecular flexibility index (Phi) is 11.5. The summed E-state index contributed by atoms with van der Waals surface area (Å²) in [7, 11) is 0. The van der Waals surface area contributed by atoms with E-state index in [1.165, 1.54) is 70.0 Å². The Labute approximate surface area is 403 Å². The van der Waals surface area contributed by atoms with Crippen LogP contribution in [0, 0.1) is 31.4 Å². The van der Waals surface area contributed by atoms with Gasteiger partial charge in [-0.1, -0.05) is 148 Å². The molecule has 0 radical (unpaired) electrons. The first-order chi connectivity index (χ1) is 31.6. The van der Waals surface area contributed by atoms with E-state index >= 15 is 0 Å². The first-order valence-corrected chi connectivity index (χ1v) is 23.4. The van der Waals surface area contributed by atoms with Gasteiger partial charge in [-0.15, -0.1) is 41.5 Å². The molecule has 1 aliphatic carbocycles. The molecule has 0 bridgehead atoms. The van der Waals surface area contributed by atoms with E-state index in [4.69, 9.17) is 9.97 Å². The van der Waals surface area contributed by atoms with Gasteiger partial charge in [-0.2, -0.15) is 18.2 Å². The molecule has 0 aliphatic heterocycles. The Morgan fingerprint density at radius 3 is 2.11 bits per heavy atom.